The molecule has 0 spiro atoms. The summed E-state index contributed by atoms with van der Waals surface area (Å²) < 4.78 is 5.49. The van der Waals surface area contributed by atoms with Crippen LogP contribution in [0.1, 0.15) is 25.3 Å². The molecule has 0 saturated heterocycles. The molecule has 0 atom stereocenters. The van der Waals surface area contributed by atoms with E-state index in [1.165, 1.54) is 0 Å². The SMILES string of the molecule is CCN(C(=O)COc1ccc(C(N)=S)cc1Cl)C1CC1. The summed E-state index contributed by atoms with van der Waals surface area (Å²) in [6.45, 7) is 2.68. The van der Waals surface area contributed by atoms with Gasteiger partial charge in [-0.1, -0.05) is 23.8 Å². The van der Waals surface area contributed by atoms with Crippen LogP contribution in [0.2, 0.25) is 5.02 Å². The van der Waals surface area contributed by atoms with Crippen molar-refractivity contribution in [2.24, 2.45) is 5.73 Å². The molecule has 1 aromatic carbocycles. The number of likely N-dealkylation sites (N-methyl/N-ethyl adjacent to an activating group) is 1. The molecule has 1 aliphatic rings. The van der Waals surface area contributed by atoms with Gasteiger partial charge in [-0.25, -0.2) is 0 Å². The molecule has 2 N–H and O–H groups in total. The standard InChI is InChI=1S/C14H17ClN2O2S/c1-2-17(10-4-5-10)13(18)8-19-12-6-3-9(14(16)20)7-11(12)15/h3,6-7,10H,2,4-5,8H2,1H3,(H2,16,20). The van der Waals surface area contributed by atoms with Crippen molar-refractivity contribution in [3.63, 3.8) is 0 Å². The molecule has 1 aliphatic carbocycles. The van der Waals surface area contributed by atoms with Crippen molar-refractivity contribution in [2.75, 3.05) is 13.2 Å². The van der Waals surface area contributed by atoms with Gasteiger partial charge in [-0.15, -0.1) is 0 Å². The Kier molecular flexibility index (Phi) is 4.83. The van der Waals surface area contributed by atoms with Crippen LogP contribution in [0.15, 0.2) is 18.2 Å². The van der Waals surface area contributed by atoms with E-state index in [9.17, 15) is 4.79 Å². The summed E-state index contributed by atoms with van der Waals surface area (Å²) in [5.41, 5.74) is 6.20. The number of benzene rings is 1. The highest BCUT2D eigenvalue weighted by Crippen LogP contribution is 2.28. The number of halogens is 1. The molecule has 0 aromatic heterocycles. The maximum absolute atomic E-state index is 12.0. The van der Waals surface area contributed by atoms with Crippen LogP contribution in [-0.2, 0) is 4.79 Å². The zero-order valence-electron chi connectivity index (χ0n) is 11.3. The lowest BCUT2D eigenvalue weighted by molar-refractivity contribution is -0.133. The Morgan fingerprint density at radius 1 is 1.55 bits per heavy atom. The molecule has 1 saturated carbocycles. The highest BCUT2D eigenvalue weighted by molar-refractivity contribution is 7.80. The molecule has 4 nitrogen and oxygen atoms in total. The highest BCUT2D eigenvalue weighted by atomic mass is 35.5. The molecule has 0 aliphatic heterocycles. The number of ether oxygens (including phenoxy) is 1. The van der Waals surface area contributed by atoms with Crippen LogP contribution in [0.3, 0.4) is 0 Å². The van der Waals surface area contributed by atoms with Crippen LogP contribution in [-0.4, -0.2) is 35.0 Å². The van der Waals surface area contributed by atoms with E-state index in [1.807, 2.05) is 11.8 Å². The first-order valence-electron chi connectivity index (χ1n) is 6.54. The third-order valence-electron chi connectivity index (χ3n) is 3.22. The van der Waals surface area contributed by atoms with Gasteiger partial charge in [0.15, 0.2) is 6.61 Å². The van der Waals surface area contributed by atoms with Gasteiger partial charge < -0.3 is 15.4 Å². The second kappa shape index (κ2) is 6.41. The predicted octanol–water partition coefficient (Wildman–Crippen LogP) is 2.36. The lowest BCUT2D eigenvalue weighted by Crippen LogP contribution is -2.36. The minimum Gasteiger partial charge on any atom is -0.482 e. The maximum Gasteiger partial charge on any atom is 0.260 e. The second-order valence-electron chi connectivity index (χ2n) is 4.71. The van der Waals surface area contributed by atoms with Crippen molar-refractivity contribution in [1.29, 1.82) is 0 Å². The van der Waals surface area contributed by atoms with Crippen molar-refractivity contribution in [2.45, 2.75) is 25.8 Å². The fourth-order valence-electron chi connectivity index (χ4n) is 2.02. The van der Waals surface area contributed by atoms with Gasteiger partial charge in [-0.2, -0.15) is 0 Å². The number of hydrogen-bond acceptors (Lipinski definition) is 3. The van der Waals surface area contributed by atoms with E-state index < -0.39 is 0 Å². The van der Waals surface area contributed by atoms with Gasteiger partial charge in [0, 0.05) is 18.2 Å². The molecule has 0 heterocycles. The molecule has 0 bridgehead atoms. The molecule has 20 heavy (non-hydrogen) atoms. The van der Waals surface area contributed by atoms with Gasteiger partial charge in [0.1, 0.15) is 10.7 Å². The lowest BCUT2D eigenvalue weighted by atomic mass is 10.2. The van der Waals surface area contributed by atoms with Crippen LogP contribution < -0.4 is 10.5 Å². The minimum absolute atomic E-state index is 0.00349. The Labute approximate surface area is 128 Å². The van der Waals surface area contributed by atoms with Crippen LogP contribution in [0, 0.1) is 0 Å². The van der Waals surface area contributed by atoms with E-state index >= 15 is 0 Å². The fraction of sp³-hybridized carbons (Fsp3) is 0.429. The van der Waals surface area contributed by atoms with Crippen molar-refractivity contribution >= 4 is 34.7 Å². The first-order chi connectivity index (χ1) is 9.52. The number of carbonyl (C=O) groups excluding carboxylic acids is 1. The molecule has 1 aromatic rings. The Hall–Kier alpha value is -1.33. The van der Waals surface area contributed by atoms with E-state index in [4.69, 9.17) is 34.3 Å². The van der Waals surface area contributed by atoms with Crippen LogP contribution in [0.5, 0.6) is 5.75 Å². The van der Waals surface area contributed by atoms with E-state index in [2.05, 4.69) is 0 Å². The Bertz CT molecular complexity index is 532. The fourth-order valence-corrected chi connectivity index (χ4v) is 2.38. The molecule has 108 valence electrons. The van der Waals surface area contributed by atoms with Crippen LogP contribution in [0.25, 0.3) is 0 Å². The number of amides is 1. The van der Waals surface area contributed by atoms with Gasteiger partial charge in [-0.3, -0.25) is 4.79 Å². The third-order valence-corrected chi connectivity index (χ3v) is 3.75. The van der Waals surface area contributed by atoms with Gasteiger partial charge in [0.25, 0.3) is 5.91 Å². The van der Waals surface area contributed by atoms with Gasteiger partial charge in [-0.05, 0) is 38.0 Å². The smallest absolute Gasteiger partial charge is 0.260 e. The Morgan fingerprint density at radius 3 is 2.75 bits per heavy atom. The summed E-state index contributed by atoms with van der Waals surface area (Å²) in [6.07, 6.45) is 2.17. The van der Waals surface area contributed by atoms with E-state index in [1.54, 1.807) is 18.2 Å². The number of thiocarbonyl (C=S) groups is 1. The van der Waals surface area contributed by atoms with Crippen molar-refractivity contribution < 1.29 is 9.53 Å². The summed E-state index contributed by atoms with van der Waals surface area (Å²) in [5.74, 6) is 0.455. The Morgan fingerprint density at radius 2 is 2.25 bits per heavy atom. The zero-order chi connectivity index (χ0) is 14.7. The molecular formula is C14H17ClN2O2S. The summed E-state index contributed by atoms with van der Waals surface area (Å²) >= 11 is 11.0. The summed E-state index contributed by atoms with van der Waals surface area (Å²) in [5, 5.41) is 0.401. The minimum atomic E-state index is -0.00973. The summed E-state index contributed by atoms with van der Waals surface area (Å²) in [4.78, 5) is 14.2. The number of hydrogen-bond donors (Lipinski definition) is 1. The van der Waals surface area contributed by atoms with Crippen LogP contribution >= 0.6 is 23.8 Å². The quantitative estimate of drug-likeness (QED) is 0.819. The molecular weight excluding hydrogens is 296 g/mol. The molecule has 6 heteroatoms. The van der Waals surface area contributed by atoms with Crippen molar-refractivity contribution in [3.8, 4) is 5.75 Å². The average Bonchev–Trinajstić information content (AvgIpc) is 3.22. The maximum atomic E-state index is 12.0. The van der Waals surface area contributed by atoms with Crippen LogP contribution in [0.4, 0.5) is 0 Å². The zero-order valence-corrected chi connectivity index (χ0v) is 12.8. The van der Waals surface area contributed by atoms with E-state index in [-0.39, 0.29) is 17.5 Å². The monoisotopic (exact) mass is 312 g/mol. The largest absolute Gasteiger partial charge is 0.482 e. The van der Waals surface area contributed by atoms with E-state index in [0.29, 0.717) is 28.9 Å². The third kappa shape index (κ3) is 3.61. The second-order valence-corrected chi connectivity index (χ2v) is 5.56. The van der Waals surface area contributed by atoms with Gasteiger partial charge in [0.05, 0.1) is 5.02 Å². The topological polar surface area (TPSA) is 55.6 Å². The molecule has 0 unspecified atom stereocenters. The number of nitrogens with zero attached hydrogens (tertiary/aromatic N) is 1. The molecule has 1 fully saturated rings. The molecule has 0 radical (unpaired) electrons. The predicted molar refractivity (Wildman–Crippen MR) is 83.2 cm³/mol. The average molecular weight is 313 g/mol. The first kappa shape index (κ1) is 15.1. The number of rotatable bonds is 6. The van der Waals surface area contributed by atoms with Crippen molar-refractivity contribution in [1.82, 2.24) is 4.90 Å². The van der Waals surface area contributed by atoms with Gasteiger partial charge in [0.2, 0.25) is 0 Å². The first-order valence-corrected chi connectivity index (χ1v) is 7.33. The summed E-state index contributed by atoms with van der Waals surface area (Å²) in [6, 6.07) is 5.44. The molecule has 2 rings (SSSR count). The van der Waals surface area contributed by atoms with Gasteiger partial charge >= 0.3 is 0 Å². The molecule has 1 amide bonds. The Balaban J connectivity index is 1.96. The lowest BCUT2D eigenvalue weighted by Gasteiger charge is -2.20. The summed E-state index contributed by atoms with van der Waals surface area (Å²) in [7, 11) is 0. The van der Waals surface area contributed by atoms with Crippen molar-refractivity contribution in [3.05, 3.63) is 28.8 Å². The number of nitrogens with two attached hydrogens (primary N) is 1. The number of carbonyl (C=O) groups is 1. The normalized spacial score (nSPS) is 13.9. The highest BCUT2D eigenvalue weighted by Gasteiger charge is 2.31. The van der Waals surface area contributed by atoms with E-state index in [0.717, 1.165) is 12.8 Å².